The van der Waals surface area contributed by atoms with Crippen LogP contribution in [0.3, 0.4) is 0 Å². The molecule has 1 heterocycles. The Morgan fingerprint density at radius 3 is 2.69 bits per heavy atom. The van der Waals surface area contributed by atoms with Crippen LogP contribution in [0.4, 0.5) is 0 Å². The Balaban J connectivity index is 0.000000396. The van der Waals surface area contributed by atoms with Gasteiger partial charge in [-0.2, -0.15) is 0 Å². The third kappa shape index (κ3) is 2.51. The molecule has 0 aliphatic carbocycles. The van der Waals surface area contributed by atoms with Gasteiger partial charge in [-0.3, -0.25) is 0 Å². The summed E-state index contributed by atoms with van der Waals surface area (Å²) in [7, 11) is 0. The second kappa shape index (κ2) is 4.72. The first-order valence-electron chi connectivity index (χ1n) is 4.28. The third-order valence-corrected chi connectivity index (χ3v) is 2.88. The van der Waals surface area contributed by atoms with Crippen molar-refractivity contribution >= 4 is 37.5 Å². The van der Waals surface area contributed by atoms with Gasteiger partial charge in [0.15, 0.2) is 0 Å². The van der Waals surface area contributed by atoms with Crippen molar-refractivity contribution in [2.24, 2.45) is 0 Å². The number of aryl methyl sites for hydroxylation is 1. The van der Waals surface area contributed by atoms with Gasteiger partial charge in [0.05, 0.1) is 15.2 Å². The zero-order valence-corrected chi connectivity index (χ0v) is 10.4. The van der Waals surface area contributed by atoms with Crippen molar-refractivity contribution in [1.82, 2.24) is 4.98 Å². The summed E-state index contributed by atoms with van der Waals surface area (Å²) < 4.78 is 2.37. The highest BCUT2D eigenvalue weighted by Gasteiger charge is 1.98. The second-order valence-corrected chi connectivity index (χ2v) is 4.50. The normalized spacial score (nSPS) is 9.54. The van der Waals surface area contributed by atoms with Crippen LogP contribution in [0.25, 0.3) is 10.2 Å². The van der Waals surface area contributed by atoms with Crippen LogP contribution in [-0.2, 0) is 0 Å². The summed E-state index contributed by atoms with van der Waals surface area (Å²) in [5.74, 6) is 0. The van der Waals surface area contributed by atoms with Gasteiger partial charge in [0, 0.05) is 4.47 Å². The fraction of sp³-hybridized carbons (Fsp3) is 0.300. The molecule has 1 aromatic heterocycles. The summed E-state index contributed by atoms with van der Waals surface area (Å²) >= 11 is 5.15. The summed E-state index contributed by atoms with van der Waals surface area (Å²) in [6.45, 7) is 6.03. The van der Waals surface area contributed by atoms with Gasteiger partial charge < -0.3 is 0 Å². The van der Waals surface area contributed by atoms with Crippen molar-refractivity contribution in [1.29, 1.82) is 0 Å². The van der Waals surface area contributed by atoms with Crippen molar-refractivity contribution in [2.75, 3.05) is 0 Å². The molecule has 0 saturated carbocycles. The monoisotopic (exact) mass is 257 g/mol. The minimum atomic E-state index is 1.09. The molecule has 0 atom stereocenters. The molecular weight excluding hydrogens is 246 g/mol. The Hall–Kier alpha value is -0.410. The smallest absolute Gasteiger partial charge is 0.0907 e. The van der Waals surface area contributed by atoms with E-state index in [-0.39, 0.29) is 0 Å². The van der Waals surface area contributed by atoms with Crippen LogP contribution < -0.4 is 0 Å². The molecule has 0 amide bonds. The number of thiazole rings is 1. The average Bonchev–Trinajstić information content (AvgIpc) is 2.48. The topological polar surface area (TPSA) is 12.9 Å². The molecule has 0 unspecified atom stereocenters. The van der Waals surface area contributed by atoms with Crippen LogP contribution in [0.1, 0.15) is 18.9 Å². The largest absolute Gasteiger partial charge is 0.242 e. The number of rotatable bonds is 0. The van der Waals surface area contributed by atoms with E-state index in [4.69, 9.17) is 0 Å². The van der Waals surface area contributed by atoms with Gasteiger partial charge >= 0.3 is 0 Å². The number of nitrogens with zero attached hydrogens (tertiary/aromatic N) is 1. The number of benzene rings is 1. The predicted molar refractivity (Wildman–Crippen MR) is 63.4 cm³/mol. The number of hydrogen-bond donors (Lipinski definition) is 0. The first-order chi connectivity index (χ1) is 6.25. The fourth-order valence-corrected chi connectivity index (χ4v) is 2.39. The lowest BCUT2D eigenvalue weighted by atomic mass is 10.3. The van der Waals surface area contributed by atoms with E-state index >= 15 is 0 Å². The van der Waals surface area contributed by atoms with E-state index in [9.17, 15) is 0 Å². The van der Waals surface area contributed by atoms with E-state index in [1.54, 1.807) is 11.3 Å². The maximum atomic E-state index is 4.35. The molecule has 0 fully saturated rings. The van der Waals surface area contributed by atoms with Crippen molar-refractivity contribution in [3.63, 3.8) is 0 Å². The third-order valence-electron chi connectivity index (χ3n) is 1.46. The van der Waals surface area contributed by atoms with Crippen LogP contribution in [0, 0.1) is 6.92 Å². The Kier molecular flexibility index (Phi) is 3.88. The summed E-state index contributed by atoms with van der Waals surface area (Å²) in [4.78, 5) is 4.35. The van der Waals surface area contributed by atoms with Crippen LogP contribution in [0.5, 0.6) is 0 Å². The van der Waals surface area contributed by atoms with Crippen LogP contribution >= 0.6 is 27.3 Å². The standard InChI is InChI=1S/C8H6BrNS.C2H6/c1-5-10-7-3-2-6(9)4-8(7)11-5;1-2/h2-4H,1H3;1-2H3. The number of fused-ring (bicyclic) bond motifs is 1. The zero-order chi connectivity index (χ0) is 9.84. The molecule has 0 spiro atoms. The van der Waals surface area contributed by atoms with Crippen molar-refractivity contribution in [3.05, 3.63) is 27.7 Å². The van der Waals surface area contributed by atoms with Gasteiger partial charge in [-0.15, -0.1) is 11.3 Å². The van der Waals surface area contributed by atoms with E-state index in [1.807, 2.05) is 32.9 Å². The lowest BCUT2D eigenvalue weighted by Gasteiger charge is -1.86. The molecule has 13 heavy (non-hydrogen) atoms. The molecule has 0 N–H and O–H groups in total. The minimum absolute atomic E-state index is 1.09. The molecule has 0 bridgehead atoms. The number of aromatic nitrogens is 1. The van der Waals surface area contributed by atoms with Crippen molar-refractivity contribution < 1.29 is 0 Å². The molecular formula is C10H12BrNS. The van der Waals surface area contributed by atoms with Gasteiger partial charge in [-0.05, 0) is 25.1 Å². The molecule has 70 valence electrons. The fourth-order valence-electron chi connectivity index (χ4n) is 1.01. The molecule has 0 radical (unpaired) electrons. The lowest BCUT2D eigenvalue weighted by molar-refractivity contribution is 1.35. The van der Waals surface area contributed by atoms with Gasteiger partial charge in [0.2, 0.25) is 0 Å². The molecule has 2 aromatic rings. The molecule has 0 aliphatic heterocycles. The highest BCUT2D eigenvalue weighted by molar-refractivity contribution is 9.10. The van der Waals surface area contributed by atoms with E-state index in [0.29, 0.717) is 0 Å². The van der Waals surface area contributed by atoms with Gasteiger partial charge in [0.1, 0.15) is 0 Å². The van der Waals surface area contributed by atoms with E-state index < -0.39 is 0 Å². The van der Waals surface area contributed by atoms with Gasteiger partial charge in [-0.25, -0.2) is 4.98 Å². The average molecular weight is 258 g/mol. The highest BCUT2D eigenvalue weighted by atomic mass is 79.9. The molecule has 1 aromatic carbocycles. The Morgan fingerprint density at radius 1 is 1.31 bits per heavy atom. The maximum absolute atomic E-state index is 4.35. The second-order valence-electron chi connectivity index (χ2n) is 2.34. The molecule has 1 nitrogen and oxygen atoms in total. The summed E-state index contributed by atoms with van der Waals surface area (Å²) in [6, 6.07) is 6.14. The maximum Gasteiger partial charge on any atom is 0.0907 e. The minimum Gasteiger partial charge on any atom is -0.242 e. The predicted octanol–water partition coefficient (Wildman–Crippen LogP) is 4.39. The lowest BCUT2D eigenvalue weighted by Crippen LogP contribution is -1.67. The zero-order valence-electron chi connectivity index (χ0n) is 7.97. The summed E-state index contributed by atoms with van der Waals surface area (Å²) in [5, 5.41) is 1.12. The van der Waals surface area contributed by atoms with Crippen molar-refractivity contribution in [2.45, 2.75) is 20.8 Å². The van der Waals surface area contributed by atoms with Crippen LogP contribution in [0.15, 0.2) is 22.7 Å². The molecule has 0 saturated heterocycles. The Labute approximate surface area is 90.9 Å². The van der Waals surface area contributed by atoms with Gasteiger partial charge in [-0.1, -0.05) is 29.8 Å². The first kappa shape index (κ1) is 10.7. The molecule has 3 heteroatoms. The first-order valence-corrected chi connectivity index (χ1v) is 5.89. The number of hydrogen-bond acceptors (Lipinski definition) is 2. The van der Waals surface area contributed by atoms with Gasteiger partial charge in [0.25, 0.3) is 0 Å². The van der Waals surface area contributed by atoms with E-state index in [2.05, 4.69) is 27.0 Å². The van der Waals surface area contributed by atoms with E-state index in [0.717, 1.165) is 15.0 Å². The summed E-state index contributed by atoms with van der Waals surface area (Å²) in [6.07, 6.45) is 0. The van der Waals surface area contributed by atoms with E-state index in [1.165, 1.54) is 4.70 Å². The summed E-state index contributed by atoms with van der Waals surface area (Å²) in [5.41, 5.74) is 1.09. The SMILES string of the molecule is CC.Cc1nc2ccc(Br)cc2s1. The highest BCUT2D eigenvalue weighted by Crippen LogP contribution is 2.24. The molecule has 0 aliphatic rings. The quantitative estimate of drug-likeness (QED) is 0.682. The molecule has 2 rings (SSSR count). The Bertz CT molecular complexity index is 395. The van der Waals surface area contributed by atoms with Crippen LogP contribution in [0.2, 0.25) is 0 Å². The van der Waals surface area contributed by atoms with Crippen LogP contribution in [-0.4, -0.2) is 4.98 Å². The van der Waals surface area contributed by atoms with Crippen molar-refractivity contribution in [3.8, 4) is 0 Å². The Morgan fingerprint density at radius 2 is 2.00 bits per heavy atom. The number of halogens is 1.